The largest absolute Gasteiger partial charge is 0.330 e. The molecule has 3 fully saturated rings. The highest BCUT2D eigenvalue weighted by molar-refractivity contribution is 6.30. The van der Waals surface area contributed by atoms with E-state index in [1.165, 1.54) is 44.1 Å². The van der Waals surface area contributed by atoms with Crippen molar-refractivity contribution in [3.05, 3.63) is 34.9 Å². The van der Waals surface area contributed by atoms with E-state index in [4.69, 9.17) is 17.3 Å². The molecule has 0 heterocycles. The molecule has 0 amide bonds. The van der Waals surface area contributed by atoms with Crippen molar-refractivity contribution in [2.45, 2.75) is 43.9 Å². The van der Waals surface area contributed by atoms with E-state index in [0.29, 0.717) is 10.8 Å². The lowest BCUT2D eigenvalue weighted by Gasteiger charge is -2.53. The van der Waals surface area contributed by atoms with Crippen LogP contribution < -0.4 is 5.73 Å². The maximum atomic E-state index is 6.13. The molecular weight excluding hydrogens is 230 g/mol. The zero-order chi connectivity index (χ0) is 11.9. The Bertz CT molecular complexity index is 402. The highest BCUT2D eigenvalue weighted by Gasteiger charge is 2.48. The van der Waals surface area contributed by atoms with E-state index in [-0.39, 0.29) is 0 Å². The third-order valence-corrected chi connectivity index (χ3v) is 5.51. The molecule has 0 aromatic heterocycles. The van der Waals surface area contributed by atoms with E-state index in [2.05, 4.69) is 18.2 Å². The van der Waals surface area contributed by atoms with Crippen molar-refractivity contribution in [1.82, 2.24) is 0 Å². The summed E-state index contributed by atoms with van der Waals surface area (Å²) in [5.74, 6) is 0. The van der Waals surface area contributed by atoms with E-state index in [1.54, 1.807) is 0 Å². The van der Waals surface area contributed by atoms with Gasteiger partial charge >= 0.3 is 0 Å². The molecule has 3 aliphatic rings. The molecule has 3 saturated carbocycles. The quantitative estimate of drug-likeness (QED) is 0.846. The summed E-state index contributed by atoms with van der Waals surface area (Å²) in [4.78, 5) is 0. The Morgan fingerprint density at radius 3 is 2.24 bits per heavy atom. The summed E-state index contributed by atoms with van der Waals surface area (Å²) >= 11 is 6.13. The normalized spacial score (nSPS) is 36.1. The molecule has 1 nitrogen and oxygen atoms in total. The summed E-state index contributed by atoms with van der Waals surface area (Å²) in [5, 5.41) is 0.873. The minimum absolute atomic E-state index is 0.405. The van der Waals surface area contributed by atoms with Crippen LogP contribution >= 0.6 is 11.6 Å². The summed E-state index contributed by atoms with van der Waals surface area (Å²) in [6.07, 6.45) is 7.79. The van der Waals surface area contributed by atoms with Crippen molar-refractivity contribution < 1.29 is 0 Å². The van der Waals surface area contributed by atoms with Gasteiger partial charge in [-0.3, -0.25) is 0 Å². The fourth-order valence-corrected chi connectivity index (χ4v) is 4.01. The van der Waals surface area contributed by atoms with Crippen LogP contribution in [0.4, 0.5) is 0 Å². The van der Waals surface area contributed by atoms with E-state index < -0.39 is 0 Å². The van der Waals surface area contributed by atoms with Gasteiger partial charge in [0.15, 0.2) is 0 Å². The summed E-state index contributed by atoms with van der Waals surface area (Å²) in [6.45, 7) is 0.874. The van der Waals surface area contributed by atoms with Crippen molar-refractivity contribution in [2.75, 3.05) is 6.54 Å². The summed E-state index contributed by atoms with van der Waals surface area (Å²) < 4.78 is 0. The second-order valence-corrected chi connectivity index (χ2v) is 6.43. The van der Waals surface area contributed by atoms with Crippen molar-refractivity contribution in [3.63, 3.8) is 0 Å². The molecule has 17 heavy (non-hydrogen) atoms. The van der Waals surface area contributed by atoms with Gasteiger partial charge < -0.3 is 5.73 Å². The molecule has 0 aliphatic heterocycles. The maximum absolute atomic E-state index is 6.13. The number of benzene rings is 1. The monoisotopic (exact) mass is 249 g/mol. The Morgan fingerprint density at radius 1 is 1.06 bits per heavy atom. The Morgan fingerprint density at radius 2 is 1.71 bits per heavy atom. The number of rotatable bonds is 2. The third-order valence-electron chi connectivity index (χ3n) is 5.27. The van der Waals surface area contributed by atoms with Gasteiger partial charge in [0.05, 0.1) is 0 Å². The molecule has 1 aromatic carbocycles. The van der Waals surface area contributed by atoms with Crippen LogP contribution in [0.5, 0.6) is 0 Å². The van der Waals surface area contributed by atoms with Gasteiger partial charge in [-0.1, -0.05) is 23.7 Å². The van der Waals surface area contributed by atoms with Gasteiger partial charge in [-0.25, -0.2) is 0 Å². The van der Waals surface area contributed by atoms with Crippen LogP contribution in [0.25, 0.3) is 0 Å². The van der Waals surface area contributed by atoms with Crippen LogP contribution in [0.1, 0.15) is 44.1 Å². The zero-order valence-electron chi connectivity index (χ0n) is 10.2. The predicted molar refractivity (Wildman–Crippen MR) is 72.3 cm³/mol. The van der Waals surface area contributed by atoms with Gasteiger partial charge in [-0.2, -0.15) is 0 Å². The predicted octanol–water partition coefficient (Wildman–Crippen LogP) is 3.89. The van der Waals surface area contributed by atoms with Crippen molar-refractivity contribution in [1.29, 1.82) is 0 Å². The SMILES string of the molecule is NCC12CCC(c3cccc(Cl)c3)(CC1)CC2. The van der Waals surface area contributed by atoms with Gasteiger partial charge in [0.25, 0.3) is 0 Å². The first kappa shape index (κ1) is 11.6. The summed E-state index contributed by atoms with van der Waals surface area (Å²) in [5.41, 5.74) is 8.29. The van der Waals surface area contributed by atoms with Crippen LogP contribution in [-0.4, -0.2) is 6.54 Å². The minimum Gasteiger partial charge on any atom is -0.330 e. The van der Waals surface area contributed by atoms with Gasteiger partial charge in [-0.05, 0) is 73.6 Å². The molecule has 0 saturated heterocycles. The fourth-order valence-electron chi connectivity index (χ4n) is 3.82. The first-order valence-corrected chi connectivity index (χ1v) is 7.02. The third kappa shape index (κ3) is 1.80. The number of nitrogens with two attached hydrogens (primary N) is 1. The first-order valence-electron chi connectivity index (χ1n) is 6.64. The lowest BCUT2D eigenvalue weighted by molar-refractivity contribution is 0.0472. The zero-order valence-corrected chi connectivity index (χ0v) is 11.0. The Balaban J connectivity index is 1.90. The van der Waals surface area contributed by atoms with Crippen LogP contribution in [0.2, 0.25) is 5.02 Å². The van der Waals surface area contributed by atoms with Crippen LogP contribution in [-0.2, 0) is 5.41 Å². The second kappa shape index (κ2) is 4.00. The smallest absolute Gasteiger partial charge is 0.0408 e. The lowest BCUT2D eigenvalue weighted by atomic mass is 9.52. The maximum Gasteiger partial charge on any atom is 0.0408 e. The highest BCUT2D eigenvalue weighted by atomic mass is 35.5. The Hall–Kier alpha value is -0.530. The molecule has 3 aliphatic carbocycles. The van der Waals surface area contributed by atoms with Gasteiger partial charge in [0.1, 0.15) is 0 Å². The summed E-state index contributed by atoms with van der Waals surface area (Å²) in [7, 11) is 0. The van der Waals surface area contributed by atoms with Gasteiger partial charge in [0.2, 0.25) is 0 Å². The average molecular weight is 250 g/mol. The molecule has 2 N–H and O–H groups in total. The van der Waals surface area contributed by atoms with Crippen LogP contribution in [0.15, 0.2) is 24.3 Å². The van der Waals surface area contributed by atoms with Crippen molar-refractivity contribution >= 4 is 11.6 Å². The number of fused-ring (bicyclic) bond motifs is 3. The molecule has 0 unspecified atom stereocenters. The number of hydrogen-bond acceptors (Lipinski definition) is 1. The Kier molecular flexibility index (Phi) is 2.72. The molecule has 0 spiro atoms. The average Bonchev–Trinajstić information content (AvgIpc) is 2.41. The van der Waals surface area contributed by atoms with Gasteiger partial charge in [-0.15, -0.1) is 0 Å². The van der Waals surface area contributed by atoms with E-state index in [9.17, 15) is 0 Å². The van der Waals surface area contributed by atoms with Crippen molar-refractivity contribution in [3.8, 4) is 0 Å². The highest BCUT2D eigenvalue weighted by Crippen LogP contribution is 2.57. The molecule has 2 heteroatoms. The second-order valence-electron chi connectivity index (χ2n) is 5.99. The molecule has 0 radical (unpaired) electrons. The van der Waals surface area contributed by atoms with Crippen LogP contribution in [0.3, 0.4) is 0 Å². The number of hydrogen-bond donors (Lipinski definition) is 1. The van der Waals surface area contributed by atoms with E-state index >= 15 is 0 Å². The van der Waals surface area contributed by atoms with E-state index in [0.717, 1.165) is 11.6 Å². The molecule has 4 rings (SSSR count). The van der Waals surface area contributed by atoms with Crippen molar-refractivity contribution in [2.24, 2.45) is 11.1 Å². The fraction of sp³-hybridized carbons (Fsp3) is 0.600. The molecular formula is C15H20ClN. The molecule has 0 atom stereocenters. The van der Waals surface area contributed by atoms with Gasteiger partial charge in [0, 0.05) is 5.02 Å². The minimum atomic E-state index is 0.405. The van der Waals surface area contributed by atoms with E-state index in [1.807, 2.05) is 6.07 Å². The summed E-state index contributed by atoms with van der Waals surface area (Å²) in [6, 6.07) is 8.48. The molecule has 1 aromatic rings. The molecule has 2 bridgehead atoms. The van der Waals surface area contributed by atoms with Crippen LogP contribution in [0, 0.1) is 5.41 Å². The molecule has 92 valence electrons. The first-order chi connectivity index (χ1) is 8.18. The Labute approximate surface area is 108 Å². The topological polar surface area (TPSA) is 26.0 Å². The standard InChI is InChI=1S/C15H20ClN/c16-13-3-1-2-12(10-13)15-7-4-14(11-17,5-8-15)6-9-15/h1-3,10H,4-9,11,17H2. The lowest BCUT2D eigenvalue weighted by Crippen LogP contribution is -2.47. The number of halogens is 1.